The van der Waals surface area contributed by atoms with Gasteiger partial charge in [-0.15, -0.1) is 11.8 Å². The number of carbonyl (C=O) groups excluding carboxylic acids is 1. The van der Waals surface area contributed by atoms with Gasteiger partial charge in [-0.05, 0) is 24.0 Å². The van der Waals surface area contributed by atoms with E-state index in [2.05, 4.69) is 10.3 Å². The van der Waals surface area contributed by atoms with E-state index in [1.54, 1.807) is 18.3 Å². The number of carboxylic acids is 1. The van der Waals surface area contributed by atoms with E-state index >= 15 is 0 Å². The molecule has 0 radical (unpaired) electrons. The second-order valence-corrected chi connectivity index (χ2v) is 6.19. The van der Waals surface area contributed by atoms with Gasteiger partial charge in [-0.25, -0.2) is 9.78 Å². The molecule has 1 aromatic heterocycles. The van der Waals surface area contributed by atoms with Gasteiger partial charge in [-0.3, -0.25) is 4.79 Å². The van der Waals surface area contributed by atoms with Crippen LogP contribution in [0.3, 0.4) is 0 Å². The lowest BCUT2D eigenvalue weighted by molar-refractivity contribution is -0.187. The molecule has 2 atom stereocenters. The molecule has 2 amide bonds. The maximum Gasteiger partial charge on any atom is 0.394 e. The van der Waals surface area contributed by atoms with Gasteiger partial charge in [0.1, 0.15) is 0 Å². The normalized spacial score (nSPS) is 20.9. The van der Waals surface area contributed by atoms with Crippen molar-refractivity contribution in [3.8, 4) is 0 Å². The number of aromatic nitrogens is 1. The molecule has 1 aliphatic heterocycles. The molecule has 10 heteroatoms. The number of aliphatic carboxylic acids is 1. The summed E-state index contributed by atoms with van der Waals surface area (Å²) in [5, 5.41) is 12.2. The smallest absolute Gasteiger partial charge is 0.394 e. The van der Waals surface area contributed by atoms with E-state index in [0.717, 1.165) is 15.5 Å². The summed E-state index contributed by atoms with van der Waals surface area (Å²) >= 11 is 1.42. The van der Waals surface area contributed by atoms with Crippen LogP contribution in [0.1, 0.15) is 5.56 Å². The van der Waals surface area contributed by atoms with Crippen molar-refractivity contribution < 1.29 is 27.9 Å². The van der Waals surface area contributed by atoms with Crippen LogP contribution >= 0.6 is 11.8 Å². The van der Waals surface area contributed by atoms with Gasteiger partial charge in [-0.2, -0.15) is 13.2 Å². The average Bonchev–Trinajstić information content (AvgIpc) is 2.98. The number of likely N-dealkylation sites (tertiary alicyclic amines) is 1. The van der Waals surface area contributed by atoms with E-state index in [0.29, 0.717) is 0 Å². The van der Waals surface area contributed by atoms with E-state index < -0.39 is 43.1 Å². The van der Waals surface area contributed by atoms with E-state index in [9.17, 15) is 22.8 Å². The first-order valence-electron chi connectivity index (χ1n) is 7.03. The van der Waals surface area contributed by atoms with Crippen molar-refractivity contribution in [3.63, 3.8) is 0 Å². The minimum absolute atomic E-state index is 0.125. The van der Waals surface area contributed by atoms with Gasteiger partial charge in [0, 0.05) is 25.8 Å². The zero-order valence-corrected chi connectivity index (χ0v) is 13.5. The fraction of sp³-hybridized carbons (Fsp3) is 0.500. The van der Waals surface area contributed by atoms with Crippen LogP contribution in [-0.4, -0.2) is 52.5 Å². The summed E-state index contributed by atoms with van der Waals surface area (Å²) in [6, 6.07) is 2.73. The third-order valence-electron chi connectivity index (χ3n) is 3.80. The number of carboxylic acid groups (broad SMARTS) is 1. The number of nitrogens with zero attached hydrogens (tertiary/aromatic N) is 2. The number of hydrogen-bond donors (Lipinski definition) is 2. The summed E-state index contributed by atoms with van der Waals surface area (Å²) < 4.78 is 38.7. The van der Waals surface area contributed by atoms with Crippen LogP contribution < -0.4 is 5.32 Å². The van der Waals surface area contributed by atoms with Gasteiger partial charge in [0.2, 0.25) is 0 Å². The molecule has 1 aromatic rings. The maximum absolute atomic E-state index is 12.9. The molecule has 0 unspecified atom stereocenters. The quantitative estimate of drug-likeness (QED) is 0.802. The Morgan fingerprint density at radius 2 is 2.17 bits per heavy atom. The topological polar surface area (TPSA) is 82.5 Å². The minimum Gasteiger partial charge on any atom is -0.481 e. The Kier molecular flexibility index (Phi) is 5.58. The Morgan fingerprint density at radius 1 is 1.46 bits per heavy atom. The maximum atomic E-state index is 12.9. The van der Waals surface area contributed by atoms with Crippen LogP contribution in [0.5, 0.6) is 0 Å². The van der Waals surface area contributed by atoms with Gasteiger partial charge in [0.25, 0.3) is 0 Å². The second kappa shape index (κ2) is 7.29. The lowest BCUT2D eigenvalue weighted by atomic mass is 9.96. The van der Waals surface area contributed by atoms with Crippen LogP contribution in [0.15, 0.2) is 23.4 Å². The number of halogens is 3. The summed E-state index contributed by atoms with van der Waals surface area (Å²) in [7, 11) is 0. The number of pyridine rings is 1. The molecular weight excluding hydrogens is 347 g/mol. The molecule has 0 aromatic carbocycles. The number of amides is 2. The number of thioether (sulfide) groups is 1. The highest BCUT2D eigenvalue weighted by Crippen LogP contribution is 2.37. The van der Waals surface area contributed by atoms with Gasteiger partial charge >= 0.3 is 18.2 Å². The number of urea groups is 1. The number of carbonyl (C=O) groups is 2. The van der Waals surface area contributed by atoms with E-state index in [1.165, 1.54) is 11.8 Å². The van der Waals surface area contributed by atoms with Crippen molar-refractivity contribution in [1.29, 1.82) is 0 Å². The van der Waals surface area contributed by atoms with Crippen LogP contribution in [0.2, 0.25) is 0 Å². The Morgan fingerprint density at radius 3 is 2.71 bits per heavy atom. The number of rotatable bonds is 4. The number of alkyl halides is 3. The summed E-state index contributed by atoms with van der Waals surface area (Å²) in [4.78, 5) is 28.0. The summed E-state index contributed by atoms with van der Waals surface area (Å²) in [5.41, 5.74) is 0.754. The fourth-order valence-electron chi connectivity index (χ4n) is 2.51. The Hall–Kier alpha value is -1.97. The molecule has 2 rings (SSSR count). The van der Waals surface area contributed by atoms with Crippen molar-refractivity contribution in [2.75, 3.05) is 19.3 Å². The van der Waals surface area contributed by atoms with E-state index in [1.807, 2.05) is 6.26 Å². The van der Waals surface area contributed by atoms with Gasteiger partial charge < -0.3 is 15.3 Å². The second-order valence-electron chi connectivity index (χ2n) is 5.36. The first kappa shape index (κ1) is 18.4. The average molecular weight is 363 g/mol. The molecule has 1 aliphatic rings. The third kappa shape index (κ3) is 4.31. The zero-order chi connectivity index (χ0) is 17.9. The highest BCUT2D eigenvalue weighted by atomic mass is 32.2. The molecule has 0 saturated carbocycles. The van der Waals surface area contributed by atoms with Crippen LogP contribution in [0.4, 0.5) is 18.0 Å². The Bertz CT molecular complexity index is 627. The lowest BCUT2D eigenvalue weighted by Crippen LogP contribution is -2.39. The van der Waals surface area contributed by atoms with E-state index in [-0.39, 0.29) is 6.54 Å². The standard InChI is InChI=1S/C14H16F3N3O3S/c1-24-11-4-8(2-3-18-11)5-19-13(23)20-6-9(12(21)22)10(7-20)14(15,16)17/h2-4,9-10H,5-7H2,1H3,(H,19,23)(H,21,22)/t9-,10-/m1/s1. The molecular formula is C14H16F3N3O3S. The largest absolute Gasteiger partial charge is 0.481 e. The summed E-state index contributed by atoms with van der Waals surface area (Å²) in [5.74, 6) is -5.24. The SMILES string of the molecule is CSc1cc(CNC(=O)N2C[C@@H](C(F)(F)F)[C@H](C(=O)O)C2)ccn1. The fourth-order valence-corrected chi connectivity index (χ4v) is 2.95. The molecule has 0 spiro atoms. The molecule has 0 aliphatic carbocycles. The highest BCUT2D eigenvalue weighted by Gasteiger charge is 2.53. The molecule has 1 saturated heterocycles. The molecule has 132 valence electrons. The van der Waals surface area contributed by atoms with Gasteiger partial charge in [0.05, 0.1) is 16.9 Å². The molecule has 2 heterocycles. The van der Waals surface area contributed by atoms with Crippen molar-refractivity contribution in [2.45, 2.75) is 17.7 Å². The van der Waals surface area contributed by atoms with Crippen molar-refractivity contribution in [3.05, 3.63) is 23.9 Å². The molecule has 24 heavy (non-hydrogen) atoms. The lowest BCUT2D eigenvalue weighted by Gasteiger charge is -2.18. The van der Waals surface area contributed by atoms with Crippen molar-refractivity contribution in [1.82, 2.24) is 15.2 Å². The van der Waals surface area contributed by atoms with Crippen LogP contribution in [-0.2, 0) is 11.3 Å². The first-order valence-corrected chi connectivity index (χ1v) is 8.26. The number of hydrogen-bond acceptors (Lipinski definition) is 4. The minimum atomic E-state index is -4.66. The van der Waals surface area contributed by atoms with Gasteiger partial charge in [0.15, 0.2) is 0 Å². The monoisotopic (exact) mass is 363 g/mol. The zero-order valence-electron chi connectivity index (χ0n) is 12.7. The number of nitrogens with one attached hydrogen (secondary N) is 1. The Balaban J connectivity index is 1.98. The van der Waals surface area contributed by atoms with Crippen molar-refractivity contribution in [2.24, 2.45) is 11.8 Å². The third-order valence-corrected chi connectivity index (χ3v) is 4.44. The van der Waals surface area contributed by atoms with Crippen LogP contribution in [0, 0.1) is 11.8 Å². The predicted octanol–water partition coefficient (Wildman–Crippen LogP) is 2.21. The van der Waals surface area contributed by atoms with E-state index in [4.69, 9.17) is 5.11 Å². The highest BCUT2D eigenvalue weighted by molar-refractivity contribution is 7.98. The summed E-state index contributed by atoms with van der Waals surface area (Å²) in [6.07, 6.45) is -1.24. The first-order chi connectivity index (χ1) is 11.2. The molecule has 2 N–H and O–H groups in total. The molecule has 0 bridgehead atoms. The molecule has 6 nitrogen and oxygen atoms in total. The predicted molar refractivity (Wildman–Crippen MR) is 80.5 cm³/mol. The van der Waals surface area contributed by atoms with Gasteiger partial charge in [-0.1, -0.05) is 0 Å². The molecule has 1 fully saturated rings. The summed E-state index contributed by atoms with van der Waals surface area (Å²) in [6.45, 7) is -0.990. The Labute approximate surface area is 140 Å². The van der Waals surface area contributed by atoms with Crippen molar-refractivity contribution >= 4 is 23.8 Å². The van der Waals surface area contributed by atoms with Crippen LogP contribution in [0.25, 0.3) is 0 Å².